The van der Waals surface area contributed by atoms with E-state index >= 15 is 0 Å². The molecule has 6 heteroatoms. The first-order valence-corrected chi connectivity index (χ1v) is 6.69. The normalized spacial score (nSPS) is 10.1. The van der Waals surface area contributed by atoms with E-state index in [9.17, 15) is 14.4 Å². The Hall–Kier alpha value is -2.89. The van der Waals surface area contributed by atoms with E-state index in [0.29, 0.717) is 5.69 Å². The first-order valence-electron chi connectivity index (χ1n) is 6.69. The van der Waals surface area contributed by atoms with E-state index in [4.69, 9.17) is 4.74 Å². The Kier molecular flexibility index (Phi) is 4.73. The molecule has 6 nitrogen and oxygen atoms in total. The fourth-order valence-electron chi connectivity index (χ4n) is 1.81. The Morgan fingerprint density at radius 1 is 1.18 bits per heavy atom. The van der Waals surface area contributed by atoms with Crippen LogP contribution in [0.2, 0.25) is 0 Å². The highest BCUT2D eigenvalue weighted by molar-refractivity contribution is 5.95. The van der Waals surface area contributed by atoms with Crippen molar-refractivity contribution < 1.29 is 14.3 Å². The molecule has 1 heterocycles. The highest BCUT2D eigenvalue weighted by Gasteiger charge is 2.13. The minimum atomic E-state index is -0.836. The standard InChI is InChI=1S/C16H16N2O4/c1-10-5-6-12(8-11(10)2)18-14(19)9-22-16(21)13-4-3-7-17-15(13)20/h3-8H,9H2,1-2H3,(H,17,20)(H,18,19). The Morgan fingerprint density at radius 3 is 2.64 bits per heavy atom. The molecule has 0 atom stereocenters. The zero-order valence-electron chi connectivity index (χ0n) is 12.3. The average molecular weight is 300 g/mol. The van der Waals surface area contributed by atoms with Gasteiger partial charge in [-0.15, -0.1) is 0 Å². The number of nitrogens with one attached hydrogen (secondary N) is 2. The van der Waals surface area contributed by atoms with E-state index in [1.54, 1.807) is 6.07 Å². The number of pyridine rings is 1. The van der Waals surface area contributed by atoms with Gasteiger partial charge in [0, 0.05) is 11.9 Å². The van der Waals surface area contributed by atoms with Crippen LogP contribution in [0.25, 0.3) is 0 Å². The van der Waals surface area contributed by atoms with Crippen LogP contribution in [0.15, 0.2) is 41.3 Å². The number of hydrogen-bond acceptors (Lipinski definition) is 4. The van der Waals surface area contributed by atoms with Gasteiger partial charge < -0.3 is 15.0 Å². The van der Waals surface area contributed by atoms with Gasteiger partial charge in [-0.05, 0) is 49.2 Å². The number of rotatable bonds is 4. The van der Waals surface area contributed by atoms with Gasteiger partial charge in [0.05, 0.1) is 0 Å². The Labute approximate surface area is 127 Å². The zero-order chi connectivity index (χ0) is 16.1. The molecule has 0 unspecified atom stereocenters. The average Bonchev–Trinajstić information content (AvgIpc) is 2.49. The van der Waals surface area contributed by atoms with E-state index < -0.39 is 24.0 Å². The fourth-order valence-corrected chi connectivity index (χ4v) is 1.81. The smallest absolute Gasteiger partial charge is 0.344 e. The Morgan fingerprint density at radius 2 is 1.95 bits per heavy atom. The molecule has 0 bridgehead atoms. The Balaban J connectivity index is 1.93. The maximum absolute atomic E-state index is 11.8. The molecule has 0 saturated heterocycles. The number of aromatic amines is 1. The molecule has 1 aromatic heterocycles. The van der Waals surface area contributed by atoms with Crippen LogP contribution in [-0.2, 0) is 9.53 Å². The van der Waals surface area contributed by atoms with Crippen molar-refractivity contribution >= 4 is 17.6 Å². The predicted octanol–water partition coefficient (Wildman–Crippen LogP) is 1.79. The number of carbonyl (C=O) groups is 2. The number of aryl methyl sites for hydroxylation is 2. The molecule has 0 radical (unpaired) electrons. The van der Waals surface area contributed by atoms with Crippen molar-refractivity contribution in [1.29, 1.82) is 0 Å². The van der Waals surface area contributed by atoms with Gasteiger partial charge in [0.15, 0.2) is 6.61 Å². The summed E-state index contributed by atoms with van der Waals surface area (Å²) < 4.78 is 4.83. The van der Waals surface area contributed by atoms with E-state index in [1.165, 1.54) is 18.3 Å². The second kappa shape index (κ2) is 6.71. The lowest BCUT2D eigenvalue weighted by molar-refractivity contribution is -0.119. The summed E-state index contributed by atoms with van der Waals surface area (Å²) >= 11 is 0. The predicted molar refractivity (Wildman–Crippen MR) is 81.9 cm³/mol. The minimum absolute atomic E-state index is 0.138. The lowest BCUT2D eigenvalue weighted by Gasteiger charge is -2.08. The van der Waals surface area contributed by atoms with Crippen molar-refractivity contribution in [3.8, 4) is 0 Å². The van der Waals surface area contributed by atoms with Gasteiger partial charge in [0.1, 0.15) is 5.56 Å². The molecule has 0 aliphatic carbocycles. The quantitative estimate of drug-likeness (QED) is 0.843. The van der Waals surface area contributed by atoms with Gasteiger partial charge >= 0.3 is 5.97 Å². The molecule has 22 heavy (non-hydrogen) atoms. The number of carbonyl (C=O) groups excluding carboxylic acids is 2. The summed E-state index contributed by atoms with van der Waals surface area (Å²) in [7, 11) is 0. The summed E-state index contributed by atoms with van der Waals surface area (Å²) in [6.45, 7) is 3.45. The van der Waals surface area contributed by atoms with Crippen LogP contribution >= 0.6 is 0 Å². The van der Waals surface area contributed by atoms with E-state index in [0.717, 1.165) is 11.1 Å². The molecule has 0 spiro atoms. The maximum Gasteiger partial charge on any atom is 0.344 e. The molecule has 1 aromatic carbocycles. The summed E-state index contributed by atoms with van der Waals surface area (Å²) in [5, 5.41) is 2.63. The lowest BCUT2D eigenvalue weighted by atomic mass is 10.1. The number of ether oxygens (including phenoxy) is 1. The van der Waals surface area contributed by atoms with Gasteiger partial charge in [-0.2, -0.15) is 0 Å². The molecule has 2 N–H and O–H groups in total. The van der Waals surface area contributed by atoms with Crippen LogP contribution in [-0.4, -0.2) is 23.5 Å². The second-order valence-electron chi connectivity index (χ2n) is 4.84. The molecule has 114 valence electrons. The third kappa shape index (κ3) is 3.82. The number of aromatic nitrogens is 1. The van der Waals surface area contributed by atoms with Gasteiger partial charge in [-0.25, -0.2) is 4.79 Å². The van der Waals surface area contributed by atoms with Crippen molar-refractivity contribution in [3.05, 3.63) is 63.6 Å². The van der Waals surface area contributed by atoms with Gasteiger partial charge in [0.2, 0.25) is 0 Å². The SMILES string of the molecule is Cc1ccc(NC(=O)COC(=O)c2ccc[nH]c2=O)cc1C. The largest absolute Gasteiger partial charge is 0.452 e. The monoisotopic (exact) mass is 300 g/mol. The van der Waals surface area contributed by atoms with Gasteiger partial charge in [-0.1, -0.05) is 6.07 Å². The summed E-state index contributed by atoms with van der Waals surface area (Å²) in [4.78, 5) is 37.2. The molecular formula is C16H16N2O4. The maximum atomic E-state index is 11.8. The number of hydrogen-bond donors (Lipinski definition) is 2. The lowest BCUT2D eigenvalue weighted by Crippen LogP contribution is -2.24. The molecule has 1 amide bonds. The van der Waals surface area contributed by atoms with E-state index in [2.05, 4.69) is 10.3 Å². The van der Waals surface area contributed by atoms with Crippen LogP contribution in [0.1, 0.15) is 21.5 Å². The summed E-state index contributed by atoms with van der Waals surface area (Å²) in [5.74, 6) is -1.30. The molecule has 2 rings (SSSR count). The summed E-state index contributed by atoms with van der Waals surface area (Å²) in [6.07, 6.45) is 1.41. The number of anilines is 1. The van der Waals surface area contributed by atoms with Crippen LogP contribution in [0.4, 0.5) is 5.69 Å². The minimum Gasteiger partial charge on any atom is -0.452 e. The van der Waals surface area contributed by atoms with Gasteiger partial charge in [-0.3, -0.25) is 9.59 Å². The molecular weight excluding hydrogens is 284 g/mol. The third-order valence-electron chi connectivity index (χ3n) is 3.16. The number of esters is 1. The first kappa shape index (κ1) is 15.5. The highest BCUT2D eigenvalue weighted by Crippen LogP contribution is 2.13. The number of H-pyrrole nitrogens is 1. The fraction of sp³-hybridized carbons (Fsp3) is 0.188. The third-order valence-corrected chi connectivity index (χ3v) is 3.16. The number of benzene rings is 1. The van der Waals surface area contributed by atoms with Crippen LogP contribution in [0.3, 0.4) is 0 Å². The van der Waals surface area contributed by atoms with Gasteiger partial charge in [0.25, 0.3) is 11.5 Å². The zero-order valence-corrected chi connectivity index (χ0v) is 12.3. The summed E-state index contributed by atoms with van der Waals surface area (Å²) in [5.41, 5.74) is 2.10. The van der Waals surface area contributed by atoms with Crippen molar-refractivity contribution in [2.24, 2.45) is 0 Å². The van der Waals surface area contributed by atoms with Crippen molar-refractivity contribution in [2.45, 2.75) is 13.8 Å². The van der Waals surface area contributed by atoms with Crippen molar-refractivity contribution in [1.82, 2.24) is 4.98 Å². The summed E-state index contributed by atoms with van der Waals surface area (Å²) in [6, 6.07) is 8.33. The first-order chi connectivity index (χ1) is 10.5. The Bertz CT molecular complexity index is 765. The van der Waals surface area contributed by atoms with E-state index in [1.807, 2.05) is 26.0 Å². The highest BCUT2D eigenvalue weighted by atomic mass is 16.5. The molecule has 0 saturated carbocycles. The van der Waals surface area contributed by atoms with Crippen LogP contribution < -0.4 is 10.9 Å². The molecule has 0 aliphatic rings. The van der Waals surface area contributed by atoms with Crippen LogP contribution in [0, 0.1) is 13.8 Å². The molecule has 0 aliphatic heterocycles. The van der Waals surface area contributed by atoms with Crippen LogP contribution in [0.5, 0.6) is 0 Å². The topological polar surface area (TPSA) is 88.3 Å². The second-order valence-corrected chi connectivity index (χ2v) is 4.84. The van der Waals surface area contributed by atoms with E-state index in [-0.39, 0.29) is 5.56 Å². The number of amides is 1. The molecule has 0 fully saturated rings. The molecule has 2 aromatic rings. The van der Waals surface area contributed by atoms with Crippen molar-refractivity contribution in [3.63, 3.8) is 0 Å². The van der Waals surface area contributed by atoms with Crippen molar-refractivity contribution in [2.75, 3.05) is 11.9 Å².